The molecule has 6 heteroatoms. The third-order valence-electron chi connectivity index (χ3n) is 2.17. The zero-order chi connectivity index (χ0) is 12.6. The number of aromatic nitrogens is 1. The van der Waals surface area contributed by atoms with Crippen molar-refractivity contribution < 1.29 is 18.8 Å². The summed E-state index contributed by atoms with van der Waals surface area (Å²) in [6.07, 6.45) is 0. The van der Waals surface area contributed by atoms with Crippen molar-refractivity contribution in [3.8, 4) is 11.3 Å². The molecule has 88 valence electrons. The van der Waals surface area contributed by atoms with E-state index in [1.54, 1.807) is 19.1 Å². The van der Waals surface area contributed by atoms with Gasteiger partial charge in [-0.2, -0.15) is 0 Å². The number of aromatic carboxylic acids is 1. The fourth-order valence-electron chi connectivity index (χ4n) is 1.41. The van der Waals surface area contributed by atoms with Gasteiger partial charge in [-0.05, 0) is 40.5 Å². The molecule has 0 saturated carbocycles. The van der Waals surface area contributed by atoms with E-state index in [-0.39, 0.29) is 17.0 Å². The predicted octanol–water partition coefficient (Wildman–Crippen LogP) is 3.25. The molecule has 1 heterocycles. The highest BCUT2D eigenvalue weighted by atomic mass is 79.9. The number of carbonyl (C=O) groups is 1. The van der Waals surface area contributed by atoms with Crippen LogP contribution in [0.3, 0.4) is 0 Å². The summed E-state index contributed by atoms with van der Waals surface area (Å²) in [6, 6.07) is 4.38. The smallest absolute Gasteiger partial charge is 0.374 e. The summed E-state index contributed by atoms with van der Waals surface area (Å²) in [7, 11) is 0. The standard InChI is InChI=1S/C11H7BrFNO3/c1-5-2-6(10(13)7(12)3-5)8-4-9(11(15)16)17-14-8/h2-4H,1H3,(H,15,16). The minimum absolute atomic E-state index is 0.157. The lowest BCUT2D eigenvalue weighted by atomic mass is 10.1. The van der Waals surface area contributed by atoms with E-state index in [1.165, 1.54) is 6.07 Å². The summed E-state index contributed by atoms with van der Waals surface area (Å²) in [6.45, 7) is 1.80. The highest BCUT2D eigenvalue weighted by Crippen LogP contribution is 2.29. The Kier molecular flexibility index (Phi) is 2.97. The van der Waals surface area contributed by atoms with E-state index in [2.05, 4.69) is 25.6 Å². The van der Waals surface area contributed by atoms with Crippen LogP contribution in [0.2, 0.25) is 0 Å². The molecule has 2 aromatic rings. The van der Waals surface area contributed by atoms with Gasteiger partial charge in [-0.1, -0.05) is 5.16 Å². The van der Waals surface area contributed by atoms with Gasteiger partial charge in [0.15, 0.2) is 0 Å². The predicted molar refractivity (Wildman–Crippen MR) is 61.3 cm³/mol. The maximum Gasteiger partial charge on any atom is 0.374 e. The summed E-state index contributed by atoms with van der Waals surface area (Å²) >= 11 is 3.08. The van der Waals surface area contributed by atoms with Crippen molar-refractivity contribution in [3.05, 3.63) is 39.8 Å². The first-order valence-corrected chi connectivity index (χ1v) is 5.44. The van der Waals surface area contributed by atoms with Crippen molar-refractivity contribution in [2.24, 2.45) is 0 Å². The molecule has 0 bridgehead atoms. The minimum atomic E-state index is -1.24. The maximum absolute atomic E-state index is 13.8. The second-order valence-corrected chi connectivity index (χ2v) is 4.34. The van der Waals surface area contributed by atoms with Gasteiger partial charge in [-0.25, -0.2) is 9.18 Å². The van der Waals surface area contributed by atoms with E-state index in [0.29, 0.717) is 4.47 Å². The summed E-state index contributed by atoms with van der Waals surface area (Å²) in [4.78, 5) is 10.6. The molecule has 0 aliphatic carbocycles. The van der Waals surface area contributed by atoms with Gasteiger partial charge in [0, 0.05) is 11.6 Å². The molecule has 0 spiro atoms. The van der Waals surface area contributed by atoms with Crippen LogP contribution in [0.15, 0.2) is 27.2 Å². The number of aryl methyl sites for hydroxylation is 1. The lowest BCUT2D eigenvalue weighted by Gasteiger charge is -2.02. The van der Waals surface area contributed by atoms with Crippen LogP contribution in [0.1, 0.15) is 16.1 Å². The average Bonchev–Trinajstić information content (AvgIpc) is 2.72. The van der Waals surface area contributed by atoms with Gasteiger partial charge in [0.05, 0.1) is 4.47 Å². The first kappa shape index (κ1) is 11.8. The molecular formula is C11H7BrFNO3. The number of rotatable bonds is 2. The molecule has 0 unspecified atom stereocenters. The summed E-state index contributed by atoms with van der Waals surface area (Å²) in [5, 5.41) is 12.2. The normalized spacial score (nSPS) is 10.5. The first-order chi connectivity index (χ1) is 7.99. The molecule has 0 aliphatic heterocycles. The lowest BCUT2D eigenvalue weighted by Crippen LogP contribution is -1.92. The average molecular weight is 300 g/mol. The summed E-state index contributed by atoms with van der Waals surface area (Å²) < 4.78 is 18.7. The molecular weight excluding hydrogens is 293 g/mol. The van der Waals surface area contributed by atoms with Crippen LogP contribution in [0.25, 0.3) is 11.3 Å². The van der Waals surface area contributed by atoms with E-state index in [4.69, 9.17) is 5.11 Å². The van der Waals surface area contributed by atoms with Crippen molar-refractivity contribution in [2.45, 2.75) is 6.92 Å². The third-order valence-corrected chi connectivity index (χ3v) is 2.75. The number of carboxylic acids is 1. The van der Waals surface area contributed by atoms with Crippen molar-refractivity contribution >= 4 is 21.9 Å². The summed E-state index contributed by atoms with van der Waals surface area (Å²) in [5.41, 5.74) is 1.19. The van der Waals surface area contributed by atoms with Crippen LogP contribution < -0.4 is 0 Å². The van der Waals surface area contributed by atoms with Crippen LogP contribution in [0.5, 0.6) is 0 Å². The van der Waals surface area contributed by atoms with E-state index < -0.39 is 11.8 Å². The quantitative estimate of drug-likeness (QED) is 0.924. The third kappa shape index (κ3) is 2.21. The largest absolute Gasteiger partial charge is 0.475 e. The van der Waals surface area contributed by atoms with E-state index in [9.17, 15) is 9.18 Å². The Morgan fingerprint density at radius 1 is 1.47 bits per heavy atom. The Morgan fingerprint density at radius 3 is 2.76 bits per heavy atom. The Balaban J connectivity index is 2.56. The zero-order valence-corrected chi connectivity index (χ0v) is 10.3. The molecule has 4 nitrogen and oxygen atoms in total. The van der Waals surface area contributed by atoms with Crippen molar-refractivity contribution in [1.29, 1.82) is 0 Å². The van der Waals surface area contributed by atoms with Gasteiger partial charge in [0.1, 0.15) is 11.5 Å². The molecule has 1 aromatic carbocycles. The van der Waals surface area contributed by atoms with Crippen LogP contribution in [0.4, 0.5) is 4.39 Å². The highest BCUT2D eigenvalue weighted by Gasteiger charge is 2.16. The highest BCUT2D eigenvalue weighted by molar-refractivity contribution is 9.10. The topological polar surface area (TPSA) is 63.3 Å². The molecule has 17 heavy (non-hydrogen) atoms. The second kappa shape index (κ2) is 4.29. The van der Waals surface area contributed by atoms with Crippen molar-refractivity contribution in [2.75, 3.05) is 0 Å². The SMILES string of the molecule is Cc1cc(Br)c(F)c(-c2cc(C(=O)O)on2)c1. The van der Waals surface area contributed by atoms with Gasteiger partial charge in [0.25, 0.3) is 0 Å². The number of hydrogen-bond donors (Lipinski definition) is 1. The van der Waals surface area contributed by atoms with Gasteiger partial charge < -0.3 is 9.63 Å². The first-order valence-electron chi connectivity index (χ1n) is 4.65. The van der Waals surface area contributed by atoms with Gasteiger partial charge in [0.2, 0.25) is 5.76 Å². The Morgan fingerprint density at radius 2 is 2.18 bits per heavy atom. The Labute approximate surface area is 104 Å². The van der Waals surface area contributed by atoms with Crippen LogP contribution in [-0.2, 0) is 0 Å². The number of halogens is 2. The molecule has 0 amide bonds. The molecule has 0 atom stereocenters. The van der Waals surface area contributed by atoms with Crippen molar-refractivity contribution in [1.82, 2.24) is 5.16 Å². The van der Waals surface area contributed by atoms with Crippen LogP contribution in [0, 0.1) is 12.7 Å². The van der Waals surface area contributed by atoms with Gasteiger partial charge in [-0.3, -0.25) is 0 Å². The molecule has 1 aromatic heterocycles. The van der Waals surface area contributed by atoms with E-state index in [0.717, 1.165) is 5.56 Å². The lowest BCUT2D eigenvalue weighted by molar-refractivity contribution is 0.0652. The van der Waals surface area contributed by atoms with Gasteiger partial charge >= 0.3 is 5.97 Å². The fourth-order valence-corrected chi connectivity index (χ4v) is 1.99. The zero-order valence-electron chi connectivity index (χ0n) is 8.70. The monoisotopic (exact) mass is 299 g/mol. The van der Waals surface area contributed by atoms with Crippen LogP contribution in [-0.4, -0.2) is 16.2 Å². The molecule has 0 fully saturated rings. The van der Waals surface area contributed by atoms with Gasteiger partial charge in [-0.15, -0.1) is 0 Å². The molecule has 0 aliphatic rings. The number of nitrogens with zero attached hydrogens (tertiary/aromatic N) is 1. The number of carboxylic acid groups (broad SMARTS) is 1. The minimum Gasteiger partial charge on any atom is -0.475 e. The second-order valence-electron chi connectivity index (χ2n) is 3.49. The molecule has 2 rings (SSSR count). The number of benzene rings is 1. The molecule has 0 saturated heterocycles. The van der Waals surface area contributed by atoms with E-state index in [1.807, 2.05) is 0 Å². The molecule has 1 N–H and O–H groups in total. The fraction of sp³-hybridized carbons (Fsp3) is 0.0909. The Bertz CT molecular complexity index is 594. The van der Waals surface area contributed by atoms with Crippen molar-refractivity contribution in [3.63, 3.8) is 0 Å². The van der Waals surface area contributed by atoms with Crippen LogP contribution >= 0.6 is 15.9 Å². The molecule has 0 radical (unpaired) electrons. The Hall–Kier alpha value is -1.69. The van der Waals surface area contributed by atoms with E-state index >= 15 is 0 Å². The maximum atomic E-state index is 13.8. The number of hydrogen-bond acceptors (Lipinski definition) is 3. The summed E-state index contributed by atoms with van der Waals surface area (Å²) in [5.74, 6) is -2.06.